The van der Waals surface area contributed by atoms with E-state index in [1.807, 2.05) is 30.3 Å². The van der Waals surface area contributed by atoms with Gasteiger partial charge in [0.2, 0.25) is 0 Å². The molecule has 3 rings (SSSR count). The highest BCUT2D eigenvalue weighted by atomic mass is 19.1. The van der Waals surface area contributed by atoms with E-state index in [9.17, 15) is 9.18 Å². The summed E-state index contributed by atoms with van der Waals surface area (Å²) in [5.74, 6) is 0.218. The van der Waals surface area contributed by atoms with Gasteiger partial charge in [0.15, 0.2) is 18.1 Å². The summed E-state index contributed by atoms with van der Waals surface area (Å²) in [5.41, 5.74) is 0.973. The summed E-state index contributed by atoms with van der Waals surface area (Å²) >= 11 is 0. The molecule has 2 aromatic carbocycles. The third-order valence-corrected chi connectivity index (χ3v) is 3.95. The van der Waals surface area contributed by atoms with Crippen molar-refractivity contribution < 1.29 is 18.7 Å². The van der Waals surface area contributed by atoms with Gasteiger partial charge in [-0.2, -0.15) is 0 Å². The van der Waals surface area contributed by atoms with Crippen LogP contribution in [0.3, 0.4) is 0 Å². The number of amides is 1. The van der Waals surface area contributed by atoms with Gasteiger partial charge in [-0.15, -0.1) is 0 Å². The van der Waals surface area contributed by atoms with Crippen LogP contribution < -0.4 is 9.47 Å². The minimum absolute atomic E-state index is 0.0502. The zero-order valence-corrected chi connectivity index (χ0v) is 13.4. The predicted octanol–water partition coefficient (Wildman–Crippen LogP) is 3.41. The van der Waals surface area contributed by atoms with Gasteiger partial charge in [-0.05, 0) is 30.5 Å². The summed E-state index contributed by atoms with van der Waals surface area (Å²) in [6, 6.07) is 13.7. The van der Waals surface area contributed by atoms with Crippen molar-refractivity contribution in [2.45, 2.75) is 19.4 Å². The highest BCUT2D eigenvalue weighted by Crippen LogP contribution is 2.29. The Morgan fingerprint density at radius 3 is 2.50 bits per heavy atom. The summed E-state index contributed by atoms with van der Waals surface area (Å²) in [4.78, 5) is 13.8. The molecule has 1 fully saturated rings. The Bertz CT molecular complexity index is 684. The van der Waals surface area contributed by atoms with E-state index in [1.54, 1.807) is 4.90 Å². The van der Waals surface area contributed by atoms with Crippen LogP contribution in [0.2, 0.25) is 0 Å². The average molecular weight is 329 g/mol. The van der Waals surface area contributed by atoms with Crippen LogP contribution in [0.1, 0.15) is 18.4 Å². The molecule has 1 aliphatic heterocycles. The molecule has 24 heavy (non-hydrogen) atoms. The van der Waals surface area contributed by atoms with Gasteiger partial charge in [0.05, 0.1) is 0 Å². The Hall–Kier alpha value is -2.56. The van der Waals surface area contributed by atoms with Gasteiger partial charge in [-0.25, -0.2) is 4.39 Å². The maximum atomic E-state index is 13.5. The molecule has 4 nitrogen and oxygen atoms in total. The standard InChI is InChI=1S/C19H20FNO3/c20-16-8-9-17(24-14-19(22)21-10-4-5-11-21)18(12-16)23-13-15-6-2-1-3-7-15/h1-3,6-9,12H,4-5,10-11,13-14H2. The summed E-state index contributed by atoms with van der Waals surface area (Å²) < 4.78 is 24.8. The first kappa shape index (κ1) is 16.3. The smallest absolute Gasteiger partial charge is 0.260 e. The van der Waals surface area contributed by atoms with Crippen molar-refractivity contribution in [3.05, 3.63) is 59.9 Å². The number of hydrogen-bond donors (Lipinski definition) is 0. The summed E-state index contributed by atoms with van der Waals surface area (Å²) in [7, 11) is 0. The maximum Gasteiger partial charge on any atom is 0.260 e. The molecule has 0 atom stereocenters. The van der Waals surface area contributed by atoms with E-state index < -0.39 is 5.82 Å². The lowest BCUT2D eigenvalue weighted by Gasteiger charge is -2.17. The lowest BCUT2D eigenvalue weighted by molar-refractivity contribution is -0.132. The Morgan fingerprint density at radius 1 is 1.00 bits per heavy atom. The fourth-order valence-electron chi connectivity index (χ4n) is 2.65. The topological polar surface area (TPSA) is 38.8 Å². The molecule has 1 amide bonds. The quantitative estimate of drug-likeness (QED) is 0.815. The van der Waals surface area contributed by atoms with Gasteiger partial charge >= 0.3 is 0 Å². The van der Waals surface area contributed by atoms with Gasteiger partial charge in [0.25, 0.3) is 5.91 Å². The lowest BCUT2D eigenvalue weighted by Crippen LogP contribution is -2.32. The van der Waals surface area contributed by atoms with Crippen LogP contribution in [0.5, 0.6) is 11.5 Å². The molecule has 0 aliphatic carbocycles. The molecule has 0 bridgehead atoms. The van der Waals surface area contributed by atoms with Gasteiger partial charge in [0, 0.05) is 19.2 Å². The first-order valence-corrected chi connectivity index (χ1v) is 8.09. The molecule has 2 aromatic rings. The number of halogens is 1. The van der Waals surface area contributed by atoms with E-state index in [0.29, 0.717) is 18.1 Å². The van der Waals surface area contributed by atoms with Crippen molar-refractivity contribution in [3.8, 4) is 11.5 Å². The number of nitrogens with zero attached hydrogens (tertiary/aromatic N) is 1. The van der Waals surface area contributed by atoms with Crippen LogP contribution in [-0.4, -0.2) is 30.5 Å². The summed E-state index contributed by atoms with van der Waals surface area (Å²) in [6.07, 6.45) is 2.07. The largest absolute Gasteiger partial charge is 0.485 e. The van der Waals surface area contributed by atoms with Crippen molar-refractivity contribution in [2.24, 2.45) is 0 Å². The molecule has 0 unspecified atom stereocenters. The van der Waals surface area contributed by atoms with Crippen molar-refractivity contribution >= 4 is 5.91 Å². The SMILES string of the molecule is O=C(COc1ccc(F)cc1OCc1ccccc1)N1CCCC1. The van der Waals surface area contributed by atoms with Crippen LogP contribution in [0, 0.1) is 5.82 Å². The Balaban J connectivity index is 1.63. The van der Waals surface area contributed by atoms with Gasteiger partial charge in [0.1, 0.15) is 12.4 Å². The monoisotopic (exact) mass is 329 g/mol. The van der Waals surface area contributed by atoms with Crippen LogP contribution in [0.4, 0.5) is 4.39 Å². The Kier molecular flexibility index (Phi) is 5.31. The molecule has 126 valence electrons. The number of carbonyl (C=O) groups is 1. The number of likely N-dealkylation sites (tertiary alicyclic amines) is 1. The van der Waals surface area contributed by atoms with Gasteiger partial charge in [-0.3, -0.25) is 4.79 Å². The number of benzene rings is 2. The van der Waals surface area contributed by atoms with Crippen molar-refractivity contribution in [1.82, 2.24) is 4.90 Å². The normalized spacial score (nSPS) is 13.8. The van der Waals surface area contributed by atoms with E-state index in [2.05, 4.69) is 0 Å². The molecule has 0 aromatic heterocycles. The minimum Gasteiger partial charge on any atom is -0.485 e. The molecule has 1 aliphatic rings. The Labute approximate surface area is 140 Å². The summed E-state index contributed by atoms with van der Waals surface area (Å²) in [6.45, 7) is 1.81. The molecule has 1 saturated heterocycles. The molecular formula is C19H20FNO3. The average Bonchev–Trinajstić information content (AvgIpc) is 3.14. The molecule has 1 heterocycles. The Morgan fingerprint density at radius 2 is 1.75 bits per heavy atom. The van der Waals surface area contributed by atoms with E-state index in [4.69, 9.17) is 9.47 Å². The fourth-order valence-corrected chi connectivity index (χ4v) is 2.65. The number of ether oxygens (including phenoxy) is 2. The molecule has 0 N–H and O–H groups in total. The van der Waals surface area contributed by atoms with E-state index in [-0.39, 0.29) is 12.5 Å². The maximum absolute atomic E-state index is 13.5. The van der Waals surface area contributed by atoms with Crippen molar-refractivity contribution in [1.29, 1.82) is 0 Å². The van der Waals surface area contributed by atoms with Gasteiger partial charge in [-0.1, -0.05) is 30.3 Å². The fraction of sp³-hybridized carbons (Fsp3) is 0.316. The second-order valence-electron chi connectivity index (χ2n) is 5.74. The van der Waals surface area contributed by atoms with Crippen molar-refractivity contribution in [3.63, 3.8) is 0 Å². The number of rotatable bonds is 6. The van der Waals surface area contributed by atoms with E-state index in [1.165, 1.54) is 18.2 Å². The van der Waals surface area contributed by atoms with Crippen LogP contribution in [-0.2, 0) is 11.4 Å². The zero-order chi connectivity index (χ0) is 16.8. The molecule has 0 saturated carbocycles. The third-order valence-electron chi connectivity index (χ3n) is 3.95. The highest BCUT2D eigenvalue weighted by molar-refractivity contribution is 5.78. The second-order valence-corrected chi connectivity index (χ2v) is 5.74. The van der Waals surface area contributed by atoms with Crippen molar-refractivity contribution in [2.75, 3.05) is 19.7 Å². The molecule has 0 radical (unpaired) electrons. The first-order valence-electron chi connectivity index (χ1n) is 8.09. The van der Waals surface area contributed by atoms with Crippen LogP contribution >= 0.6 is 0 Å². The number of hydrogen-bond acceptors (Lipinski definition) is 3. The predicted molar refractivity (Wildman–Crippen MR) is 88.5 cm³/mol. The highest BCUT2D eigenvalue weighted by Gasteiger charge is 2.19. The minimum atomic E-state index is -0.406. The second kappa shape index (κ2) is 7.81. The first-order chi connectivity index (χ1) is 11.7. The van der Waals surface area contributed by atoms with Crippen LogP contribution in [0.25, 0.3) is 0 Å². The molecule has 5 heteroatoms. The molecular weight excluding hydrogens is 309 g/mol. The van der Waals surface area contributed by atoms with E-state index in [0.717, 1.165) is 31.5 Å². The van der Waals surface area contributed by atoms with Gasteiger partial charge < -0.3 is 14.4 Å². The van der Waals surface area contributed by atoms with E-state index >= 15 is 0 Å². The molecule has 0 spiro atoms. The third kappa shape index (κ3) is 4.25. The van der Waals surface area contributed by atoms with Crippen LogP contribution in [0.15, 0.2) is 48.5 Å². The lowest BCUT2D eigenvalue weighted by atomic mass is 10.2. The number of carbonyl (C=O) groups excluding carboxylic acids is 1. The summed E-state index contributed by atoms with van der Waals surface area (Å²) in [5, 5.41) is 0. The zero-order valence-electron chi connectivity index (χ0n) is 13.4.